The molecule has 1 heterocycles. The average Bonchev–Trinajstić information content (AvgIpc) is 3.07. The fraction of sp³-hybridized carbons (Fsp3) is 0.333. The Balaban J connectivity index is 1.86. The number of aliphatic hydroxyl groups is 1. The second-order valence-corrected chi connectivity index (χ2v) is 5.75. The van der Waals surface area contributed by atoms with Crippen molar-refractivity contribution in [2.24, 2.45) is 0 Å². The molecule has 24 heavy (non-hydrogen) atoms. The summed E-state index contributed by atoms with van der Waals surface area (Å²) in [7, 11) is 0. The molecule has 6 heteroatoms. The molecule has 128 valence electrons. The van der Waals surface area contributed by atoms with Gasteiger partial charge in [-0.3, -0.25) is 9.59 Å². The normalized spacial score (nSPS) is 13.1. The van der Waals surface area contributed by atoms with Gasteiger partial charge in [-0.1, -0.05) is 12.1 Å². The molecule has 0 aliphatic heterocycles. The van der Waals surface area contributed by atoms with Gasteiger partial charge in [0, 0.05) is 31.5 Å². The number of hydrogen-bond donors (Lipinski definition) is 3. The lowest BCUT2D eigenvalue weighted by Crippen LogP contribution is -2.33. The van der Waals surface area contributed by atoms with Crippen LogP contribution in [0.3, 0.4) is 0 Å². The van der Waals surface area contributed by atoms with Gasteiger partial charge >= 0.3 is 0 Å². The van der Waals surface area contributed by atoms with Crippen molar-refractivity contribution >= 4 is 11.8 Å². The van der Waals surface area contributed by atoms with Crippen LogP contribution in [0.1, 0.15) is 48.1 Å². The van der Waals surface area contributed by atoms with Crippen molar-refractivity contribution < 1.29 is 19.1 Å². The molecule has 2 aromatic rings. The second kappa shape index (κ2) is 8.31. The standard InChI is InChI=1S/C18H22N2O4/c1-12(10-16(22)17-4-3-9-24-17)20-18(23)15-7-5-14(6-8-15)11-19-13(2)21/h3-9,12,16,22H,10-11H2,1-2H3,(H,19,21)(H,20,23). The molecule has 3 N–H and O–H groups in total. The molecule has 0 aliphatic rings. The highest BCUT2D eigenvalue weighted by Gasteiger charge is 2.17. The van der Waals surface area contributed by atoms with Gasteiger partial charge in [-0.25, -0.2) is 0 Å². The predicted octanol–water partition coefficient (Wildman–Crippen LogP) is 2.16. The lowest BCUT2D eigenvalue weighted by atomic mass is 10.1. The molecule has 2 atom stereocenters. The Morgan fingerprint density at radius 2 is 1.92 bits per heavy atom. The maximum atomic E-state index is 12.2. The van der Waals surface area contributed by atoms with Gasteiger partial charge in [0.1, 0.15) is 11.9 Å². The lowest BCUT2D eigenvalue weighted by Gasteiger charge is -2.17. The van der Waals surface area contributed by atoms with Crippen LogP contribution < -0.4 is 10.6 Å². The summed E-state index contributed by atoms with van der Waals surface area (Å²) in [4.78, 5) is 23.1. The second-order valence-electron chi connectivity index (χ2n) is 5.75. The van der Waals surface area contributed by atoms with Crippen LogP contribution in [-0.4, -0.2) is 23.0 Å². The smallest absolute Gasteiger partial charge is 0.251 e. The summed E-state index contributed by atoms with van der Waals surface area (Å²) in [5, 5.41) is 15.6. The predicted molar refractivity (Wildman–Crippen MR) is 89.2 cm³/mol. The molecule has 6 nitrogen and oxygen atoms in total. The molecule has 0 radical (unpaired) electrons. The number of aliphatic hydroxyl groups excluding tert-OH is 1. The third-order valence-electron chi connectivity index (χ3n) is 3.58. The van der Waals surface area contributed by atoms with Gasteiger partial charge in [-0.15, -0.1) is 0 Å². The molecule has 0 saturated carbocycles. The van der Waals surface area contributed by atoms with Crippen molar-refractivity contribution in [1.29, 1.82) is 0 Å². The van der Waals surface area contributed by atoms with E-state index in [4.69, 9.17) is 4.42 Å². The SMILES string of the molecule is CC(=O)NCc1ccc(C(=O)NC(C)CC(O)c2ccco2)cc1. The average molecular weight is 330 g/mol. The fourth-order valence-corrected chi connectivity index (χ4v) is 2.30. The Morgan fingerprint density at radius 1 is 1.21 bits per heavy atom. The first-order valence-electron chi connectivity index (χ1n) is 7.81. The highest BCUT2D eigenvalue weighted by atomic mass is 16.4. The first-order valence-corrected chi connectivity index (χ1v) is 7.81. The summed E-state index contributed by atoms with van der Waals surface area (Å²) in [6.07, 6.45) is 1.11. The van der Waals surface area contributed by atoms with E-state index >= 15 is 0 Å². The molecule has 1 aromatic heterocycles. The van der Waals surface area contributed by atoms with Gasteiger partial charge in [-0.2, -0.15) is 0 Å². The summed E-state index contributed by atoms with van der Waals surface area (Å²) < 4.78 is 5.15. The maximum absolute atomic E-state index is 12.2. The third-order valence-corrected chi connectivity index (χ3v) is 3.58. The zero-order valence-corrected chi connectivity index (χ0v) is 13.8. The molecule has 2 amide bonds. The number of carbonyl (C=O) groups excluding carboxylic acids is 2. The van der Waals surface area contributed by atoms with Gasteiger partial charge in [0.15, 0.2) is 0 Å². The van der Waals surface area contributed by atoms with Crippen molar-refractivity contribution in [2.75, 3.05) is 0 Å². The Bertz CT molecular complexity index is 665. The topological polar surface area (TPSA) is 91.6 Å². The van der Waals surface area contributed by atoms with Crippen LogP contribution in [0.25, 0.3) is 0 Å². The molecule has 0 bridgehead atoms. The maximum Gasteiger partial charge on any atom is 0.251 e. The van der Waals surface area contributed by atoms with Gasteiger partial charge in [0.25, 0.3) is 5.91 Å². The van der Waals surface area contributed by atoms with Crippen molar-refractivity contribution in [2.45, 2.75) is 39.0 Å². The van der Waals surface area contributed by atoms with E-state index < -0.39 is 6.10 Å². The van der Waals surface area contributed by atoms with E-state index in [2.05, 4.69) is 10.6 Å². The number of rotatable bonds is 7. The summed E-state index contributed by atoms with van der Waals surface area (Å²) in [6.45, 7) is 3.72. The van der Waals surface area contributed by atoms with Gasteiger partial charge in [-0.05, 0) is 36.8 Å². The van der Waals surface area contributed by atoms with Crippen LogP contribution >= 0.6 is 0 Å². The quantitative estimate of drug-likeness (QED) is 0.725. The monoisotopic (exact) mass is 330 g/mol. The van der Waals surface area contributed by atoms with Gasteiger partial charge in [0.05, 0.1) is 6.26 Å². The van der Waals surface area contributed by atoms with E-state index in [0.29, 0.717) is 24.3 Å². The lowest BCUT2D eigenvalue weighted by molar-refractivity contribution is -0.119. The number of hydrogen-bond acceptors (Lipinski definition) is 4. The van der Waals surface area contributed by atoms with Gasteiger partial charge in [0.2, 0.25) is 5.91 Å². The minimum atomic E-state index is -0.754. The van der Waals surface area contributed by atoms with Crippen LogP contribution in [-0.2, 0) is 11.3 Å². The molecular weight excluding hydrogens is 308 g/mol. The number of benzene rings is 1. The van der Waals surface area contributed by atoms with Crippen molar-refractivity contribution in [3.05, 3.63) is 59.5 Å². The zero-order valence-electron chi connectivity index (χ0n) is 13.8. The first-order chi connectivity index (χ1) is 11.5. The summed E-state index contributed by atoms with van der Waals surface area (Å²) >= 11 is 0. The Hall–Kier alpha value is -2.60. The number of carbonyl (C=O) groups is 2. The Morgan fingerprint density at radius 3 is 2.50 bits per heavy atom. The third kappa shape index (κ3) is 5.24. The van der Waals surface area contributed by atoms with E-state index in [9.17, 15) is 14.7 Å². The number of amides is 2. The van der Waals surface area contributed by atoms with E-state index in [1.807, 2.05) is 6.92 Å². The molecule has 0 saturated heterocycles. The largest absolute Gasteiger partial charge is 0.467 e. The highest BCUT2D eigenvalue weighted by molar-refractivity contribution is 5.94. The van der Waals surface area contributed by atoms with Crippen molar-refractivity contribution in [3.8, 4) is 0 Å². The van der Waals surface area contributed by atoms with Crippen LogP contribution in [0.2, 0.25) is 0 Å². The van der Waals surface area contributed by atoms with Crippen molar-refractivity contribution in [1.82, 2.24) is 10.6 Å². The van der Waals surface area contributed by atoms with Crippen LogP contribution in [0.5, 0.6) is 0 Å². The Kier molecular flexibility index (Phi) is 6.14. The summed E-state index contributed by atoms with van der Waals surface area (Å²) in [5.41, 5.74) is 1.45. The molecule has 0 spiro atoms. The molecular formula is C18H22N2O4. The highest BCUT2D eigenvalue weighted by Crippen LogP contribution is 2.18. The Labute approximate surface area is 140 Å². The van der Waals surface area contributed by atoms with Crippen LogP contribution in [0.4, 0.5) is 0 Å². The minimum Gasteiger partial charge on any atom is -0.467 e. The van der Waals surface area contributed by atoms with Crippen LogP contribution in [0, 0.1) is 0 Å². The van der Waals surface area contributed by atoms with E-state index in [-0.39, 0.29) is 17.9 Å². The zero-order chi connectivity index (χ0) is 17.5. The van der Waals surface area contributed by atoms with Crippen molar-refractivity contribution in [3.63, 3.8) is 0 Å². The molecule has 0 aliphatic carbocycles. The van der Waals surface area contributed by atoms with Crippen LogP contribution in [0.15, 0.2) is 47.1 Å². The van der Waals surface area contributed by atoms with E-state index in [0.717, 1.165) is 5.56 Å². The molecule has 1 aromatic carbocycles. The minimum absolute atomic E-state index is 0.0965. The van der Waals surface area contributed by atoms with Gasteiger partial charge < -0.3 is 20.2 Å². The molecule has 2 rings (SSSR count). The molecule has 0 fully saturated rings. The first kappa shape index (κ1) is 17.7. The molecule has 2 unspecified atom stereocenters. The fourth-order valence-electron chi connectivity index (χ4n) is 2.30. The number of nitrogens with one attached hydrogen (secondary N) is 2. The van der Waals surface area contributed by atoms with E-state index in [1.54, 1.807) is 36.4 Å². The summed E-state index contributed by atoms with van der Waals surface area (Å²) in [6, 6.07) is 10.2. The number of furan rings is 1. The van der Waals surface area contributed by atoms with E-state index in [1.165, 1.54) is 13.2 Å². The summed E-state index contributed by atoms with van der Waals surface area (Å²) in [5.74, 6) is 0.180.